The number of hydrogen-bond acceptors (Lipinski definition) is 3. The molecule has 2 heterocycles. The fourth-order valence-electron chi connectivity index (χ4n) is 3.31. The third kappa shape index (κ3) is 3.85. The van der Waals surface area contributed by atoms with Gasteiger partial charge in [-0.1, -0.05) is 6.07 Å². The topological polar surface area (TPSA) is 73.5 Å². The first kappa shape index (κ1) is 17.7. The van der Waals surface area contributed by atoms with Gasteiger partial charge in [0.25, 0.3) is 0 Å². The summed E-state index contributed by atoms with van der Waals surface area (Å²) < 4.78 is 13.6. The van der Waals surface area contributed by atoms with E-state index >= 15 is 0 Å². The summed E-state index contributed by atoms with van der Waals surface area (Å²) >= 11 is 1.67. The number of thioether (sulfide) groups is 1. The monoisotopic (exact) mass is 386 g/mol. The standard InChI is InChI=1S/C19H19FN4O2S/c20-12-4-5-17-15(10-12)16(6-9-27-17)23-18(25)22-13-2-1-3-14(11-13)24-8-7-21-19(24)26/h1-5,10-11,16H,6-9H2,(H,21,26)(H2,22,23,25). The first-order valence-corrected chi connectivity index (χ1v) is 9.74. The van der Waals surface area contributed by atoms with Gasteiger partial charge in [-0.05, 0) is 48.4 Å². The number of fused-ring (bicyclic) bond motifs is 1. The van der Waals surface area contributed by atoms with Crippen LogP contribution in [-0.4, -0.2) is 30.9 Å². The van der Waals surface area contributed by atoms with Gasteiger partial charge in [0, 0.05) is 35.1 Å². The molecule has 0 aromatic heterocycles. The van der Waals surface area contributed by atoms with Gasteiger partial charge in [0.05, 0.1) is 6.04 Å². The molecule has 2 aromatic carbocycles. The Morgan fingerprint density at radius 1 is 1.26 bits per heavy atom. The molecule has 8 heteroatoms. The highest BCUT2D eigenvalue weighted by atomic mass is 32.2. The van der Waals surface area contributed by atoms with E-state index in [4.69, 9.17) is 0 Å². The number of anilines is 2. The van der Waals surface area contributed by atoms with E-state index in [9.17, 15) is 14.0 Å². The quantitative estimate of drug-likeness (QED) is 0.753. The van der Waals surface area contributed by atoms with E-state index in [-0.39, 0.29) is 23.9 Å². The van der Waals surface area contributed by atoms with Gasteiger partial charge >= 0.3 is 12.1 Å². The number of carbonyl (C=O) groups excluding carboxylic acids is 2. The highest BCUT2D eigenvalue weighted by Crippen LogP contribution is 2.36. The molecule has 0 bridgehead atoms. The lowest BCUT2D eigenvalue weighted by Crippen LogP contribution is -2.34. The van der Waals surface area contributed by atoms with Crippen molar-refractivity contribution in [1.82, 2.24) is 10.6 Å². The summed E-state index contributed by atoms with van der Waals surface area (Å²) in [7, 11) is 0. The number of amides is 4. The zero-order valence-electron chi connectivity index (χ0n) is 14.5. The van der Waals surface area contributed by atoms with Crippen LogP contribution in [0.1, 0.15) is 18.0 Å². The molecule has 0 saturated carbocycles. The lowest BCUT2D eigenvalue weighted by atomic mass is 10.0. The maximum Gasteiger partial charge on any atom is 0.321 e. The number of halogens is 1. The van der Waals surface area contributed by atoms with Crippen molar-refractivity contribution in [2.24, 2.45) is 0 Å². The van der Waals surface area contributed by atoms with Crippen LogP contribution in [0.5, 0.6) is 0 Å². The van der Waals surface area contributed by atoms with Crippen LogP contribution in [0.4, 0.5) is 25.4 Å². The molecule has 6 nitrogen and oxygen atoms in total. The van der Waals surface area contributed by atoms with Crippen molar-refractivity contribution in [3.63, 3.8) is 0 Å². The van der Waals surface area contributed by atoms with E-state index in [1.54, 1.807) is 40.9 Å². The van der Waals surface area contributed by atoms with E-state index in [0.717, 1.165) is 28.3 Å². The van der Waals surface area contributed by atoms with Crippen LogP contribution in [0.3, 0.4) is 0 Å². The van der Waals surface area contributed by atoms with Gasteiger partial charge in [-0.2, -0.15) is 0 Å². The molecular formula is C19H19FN4O2S. The molecule has 2 aliphatic heterocycles. The number of carbonyl (C=O) groups is 2. The second kappa shape index (κ2) is 7.48. The lowest BCUT2D eigenvalue weighted by molar-refractivity contribution is 0.248. The van der Waals surface area contributed by atoms with Crippen molar-refractivity contribution in [3.8, 4) is 0 Å². The number of nitrogens with one attached hydrogen (secondary N) is 3. The average molecular weight is 386 g/mol. The maximum atomic E-state index is 13.6. The van der Waals surface area contributed by atoms with Crippen LogP contribution in [0.2, 0.25) is 0 Å². The van der Waals surface area contributed by atoms with E-state index in [0.29, 0.717) is 18.8 Å². The summed E-state index contributed by atoms with van der Waals surface area (Å²) in [5, 5.41) is 8.48. The molecule has 140 valence electrons. The third-order valence-electron chi connectivity index (χ3n) is 4.59. The smallest absolute Gasteiger partial charge is 0.321 e. The van der Waals surface area contributed by atoms with Crippen molar-refractivity contribution in [3.05, 3.63) is 53.8 Å². The Morgan fingerprint density at radius 3 is 2.96 bits per heavy atom. The van der Waals surface area contributed by atoms with Crippen LogP contribution in [-0.2, 0) is 0 Å². The molecule has 4 amide bonds. The Bertz CT molecular complexity index is 892. The van der Waals surface area contributed by atoms with Gasteiger partial charge in [0.15, 0.2) is 0 Å². The fraction of sp³-hybridized carbons (Fsp3) is 0.263. The Hall–Kier alpha value is -2.74. The minimum absolute atomic E-state index is 0.144. The largest absolute Gasteiger partial charge is 0.336 e. The molecule has 1 unspecified atom stereocenters. The third-order valence-corrected chi connectivity index (χ3v) is 5.71. The van der Waals surface area contributed by atoms with Gasteiger partial charge < -0.3 is 16.0 Å². The van der Waals surface area contributed by atoms with Crippen molar-refractivity contribution in [2.75, 3.05) is 29.1 Å². The molecule has 3 N–H and O–H groups in total. The Balaban J connectivity index is 1.45. The zero-order chi connectivity index (χ0) is 18.8. The lowest BCUT2D eigenvalue weighted by Gasteiger charge is -2.26. The molecule has 27 heavy (non-hydrogen) atoms. The Morgan fingerprint density at radius 2 is 2.15 bits per heavy atom. The van der Waals surface area contributed by atoms with E-state index in [1.807, 2.05) is 6.07 Å². The Labute approximate surface area is 160 Å². The number of benzene rings is 2. The normalized spacial score (nSPS) is 18.6. The van der Waals surface area contributed by atoms with Crippen molar-refractivity contribution >= 4 is 35.2 Å². The first-order valence-electron chi connectivity index (χ1n) is 8.75. The van der Waals surface area contributed by atoms with Crippen LogP contribution in [0.25, 0.3) is 0 Å². The second-order valence-electron chi connectivity index (χ2n) is 6.40. The van der Waals surface area contributed by atoms with Gasteiger partial charge in [-0.25, -0.2) is 14.0 Å². The van der Waals surface area contributed by atoms with Crippen molar-refractivity contribution in [2.45, 2.75) is 17.4 Å². The molecule has 0 spiro atoms. The second-order valence-corrected chi connectivity index (χ2v) is 7.54. The average Bonchev–Trinajstić information content (AvgIpc) is 3.08. The van der Waals surface area contributed by atoms with Gasteiger partial charge in [-0.3, -0.25) is 4.90 Å². The van der Waals surface area contributed by atoms with Gasteiger partial charge in [-0.15, -0.1) is 11.8 Å². The molecule has 4 rings (SSSR count). The Kier molecular flexibility index (Phi) is 4.89. The van der Waals surface area contributed by atoms with Crippen molar-refractivity contribution < 1.29 is 14.0 Å². The minimum atomic E-state index is -0.356. The van der Waals surface area contributed by atoms with Crippen molar-refractivity contribution in [1.29, 1.82) is 0 Å². The SMILES string of the molecule is O=C(Nc1cccc(N2CCNC2=O)c1)NC1CCSc2ccc(F)cc21. The minimum Gasteiger partial charge on any atom is -0.336 e. The predicted octanol–water partition coefficient (Wildman–Crippen LogP) is 3.71. The first-order chi connectivity index (χ1) is 13.1. The van der Waals surface area contributed by atoms with Crippen LogP contribution in [0.15, 0.2) is 47.4 Å². The molecule has 0 radical (unpaired) electrons. The molecule has 2 aliphatic rings. The van der Waals surface area contributed by atoms with Crippen LogP contribution < -0.4 is 20.9 Å². The number of nitrogens with zero attached hydrogens (tertiary/aromatic N) is 1. The van der Waals surface area contributed by atoms with E-state index < -0.39 is 0 Å². The molecular weight excluding hydrogens is 367 g/mol. The van der Waals surface area contributed by atoms with Crippen LogP contribution >= 0.6 is 11.8 Å². The summed E-state index contributed by atoms with van der Waals surface area (Å²) in [6.07, 6.45) is 0.739. The fourth-order valence-corrected chi connectivity index (χ4v) is 4.42. The summed E-state index contributed by atoms with van der Waals surface area (Å²) in [4.78, 5) is 26.9. The molecule has 1 fully saturated rings. The molecule has 1 saturated heterocycles. The predicted molar refractivity (Wildman–Crippen MR) is 104 cm³/mol. The highest BCUT2D eigenvalue weighted by Gasteiger charge is 2.24. The number of hydrogen-bond donors (Lipinski definition) is 3. The zero-order valence-corrected chi connectivity index (χ0v) is 15.3. The summed E-state index contributed by atoms with van der Waals surface area (Å²) in [5.41, 5.74) is 2.13. The van der Waals surface area contributed by atoms with Gasteiger partial charge in [0.2, 0.25) is 0 Å². The molecule has 0 aliphatic carbocycles. The summed E-state index contributed by atoms with van der Waals surface area (Å²) in [6.45, 7) is 1.20. The highest BCUT2D eigenvalue weighted by molar-refractivity contribution is 7.99. The number of urea groups is 2. The summed E-state index contributed by atoms with van der Waals surface area (Å²) in [6, 6.07) is 11.1. The van der Waals surface area contributed by atoms with Gasteiger partial charge in [0.1, 0.15) is 5.82 Å². The maximum absolute atomic E-state index is 13.6. The van der Waals surface area contributed by atoms with Crippen LogP contribution in [0, 0.1) is 5.82 Å². The van der Waals surface area contributed by atoms with E-state index in [2.05, 4.69) is 16.0 Å². The number of rotatable bonds is 3. The molecule has 1 atom stereocenters. The molecule has 2 aromatic rings. The van der Waals surface area contributed by atoms with E-state index in [1.165, 1.54) is 12.1 Å². The summed E-state index contributed by atoms with van der Waals surface area (Å²) in [5.74, 6) is 0.559.